The lowest BCUT2D eigenvalue weighted by Gasteiger charge is -2.10. The van der Waals surface area contributed by atoms with E-state index >= 15 is 0 Å². The summed E-state index contributed by atoms with van der Waals surface area (Å²) in [7, 11) is 1.10. The Bertz CT molecular complexity index is 411. The largest absolute Gasteiger partial charge is 0.463 e. The number of methoxy groups -OCH3 is 1. The van der Waals surface area contributed by atoms with Crippen LogP contribution in [0.3, 0.4) is 0 Å². The molecular formula is C10H7Cl3O3. The highest BCUT2D eigenvalue weighted by atomic mass is 35.5. The lowest BCUT2D eigenvalue weighted by atomic mass is 10.1. The lowest BCUT2D eigenvalue weighted by molar-refractivity contribution is -0.151. The number of Topliss-reactive ketones (excluding diaryl/α,β-unsaturated/α-hetero) is 1. The molecule has 0 radical (unpaired) electrons. The smallest absolute Gasteiger partial charge is 0.376 e. The highest BCUT2D eigenvalue weighted by molar-refractivity contribution is 6.49. The standard InChI is InChI=1S/C10H7Cl3O3/c1-16-10(15)9(14)8(13)7-5(11)3-2-4-6(7)12/h2-4,8H,1H3. The van der Waals surface area contributed by atoms with Crippen molar-refractivity contribution in [1.29, 1.82) is 0 Å². The van der Waals surface area contributed by atoms with Gasteiger partial charge in [-0.2, -0.15) is 0 Å². The summed E-state index contributed by atoms with van der Waals surface area (Å²) in [6, 6.07) is 4.67. The minimum Gasteiger partial charge on any atom is -0.463 e. The number of rotatable bonds is 3. The van der Waals surface area contributed by atoms with Gasteiger partial charge in [0.15, 0.2) is 0 Å². The first kappa shape index (κ1) is 13.3. The zero-order valence-corrected chi connectivity index (χ0v) is 10.4. The Balaban J connectivity index is 3.10. The Labute approximate surface area is 107 Å². The van der Waals surface area contributed by atoms with E-state index in [0.29, 0.717) is 0 Å². The van der Waals surface area contributed by atoms with Gasteiger partial charge in [-0.25, -0.2) is 4.79 Å². The minimum absolute atomic E-state index is 0.211. The van der Waals surface area contributed by atoms with Crippen LogP contribution in [0.15, 0.2) is 18.2 Å². The number of benzene rings is 1. The summed E-state index contributed by atoms with van der Waals surface area (Å²) in [4.78, 5) is 22.5. The highest BCUT2D eigenvalue weighted by Crippen LogP contribution is 2.34. The molecular weight excluding hydrogens is 274 g/mol. The van der Waals surface area contributed by atoms with Crippen LogP contribution in [-0.2, 0) is 14.3 Å². The van der Waals surface area contributed by atoms with E-state index in [4.69, 9.17) is 34.8 Å². The Morgan fingerprint density at radius 1 is 1.25 bits per heavy atom. The maximum Gasteiger partial charge on any atom is 0.376 e. The third-order valence-electron chi connectivity index (χ3n) is 1.87. The van der Waals surface area contributed by atoms with E-state index in [9.17, 15) is 9.59 Å². The van der Waals surface area contributed by atoms with Crippen LogP contribution in [0, 0.1) is 0 Å². The molecule has 6 heteroatoms. The van der Waals surface area contributed by atoms with E-state index < -0.39 is 17.1 Å². The van der Waals surface area contributed by atoms with Crippen molar-refractivity contribution in [2.45, 2.75) is 5.38 Å². The van der Waals surface area contributed by atoms with Gasteiger partial charge in [0.25, 0.3) is 5.78 Å². The molecule has 1 atom stereocenters. The predicted octanol–water partition coefficient (Wildman–Crippen LogP) is 3.02. The number of halogens is 3. The fourth-order valence-corrected chi connectivity index (χ4v) is 2.14. The first-order valence-corrected chi connectivity index (χ1v) is 5.38. The van der Waals surface area contributed by atoms with Crippen LogP contribution in [0.5, 0.6) is 0 Å². The molecule has 0 aliphatic rings. The van der Waals surface area contributed by atoms with Crippen molar-refractivity contribution in [3.63, 3.8) is 0 Å². The van der Waals surface area contributed by atoms with Crippen LogP contribution in [-0.4, -0.2) is 18.9 Å². The molecule has 0 aromatic heterocycles. The van der Waals surface area contributed by atoms with E-state index in [0.717, 1.165) is 7.11 Å². The SMILES string of the molecule is COC(=O)C(=O)C(Cl)c1c(Cl)cccc1Cl. The predicted molar refractivity (Wildman–Crippen MR) is 62.1 cm³/mol. The maximum atomic E-state index is 11.5. The van der Waals surface area contributed by atoms with E-state index in [1.54, 1.807) is 6.07 Å². The number of carbonyl (C=O) groups is 2. The number of esters is 1. The number of ketones is 1. The topological polar surface area (TPSA) is 43.4 Å². The van der Waals surface area contributed by atoms with Gasteiger partial charge in [0.05, 0.1) is 7.11 Å². The quantitative estimate of drug-likeness (QED) is 0.486. The van der Waals surface area contributed by atoms with Crippen molar-refractivity contribution in [2.75, 3.05) is 7.11 Å². The first-order chi connectivity index (χ1) is 7.49. The molecule has 16 heavy (non-hydrogen) atoms. The monoisotopic (exact) mass is 280 g/mol. The third kappa shape index (κ3) is 2.67. The van der Waals surface area contributed by atoms with Gasteiger partial charge >= 0.3 is 5.97 Å². The third-order valence-corrected chi connectivity index (χ3v) is 2.95. The molecule has 0 amide bonds. The average Bonchev–Trinajstić information content (AvgIpc) is 2.26. The zero-order chi connectivity index (χ0) is 12.3. The molecule has 0 saturated heterocycles. The van der Waals surface area contributed by atoms with Gasteiger partial charge < -0.3 is 4.74 Å². The van der Waals surface area contributed by atoms with Gasteiger partial charge in [-0.15, -0.1) is 11.6 Å². The number of carbonyl (C=O) groups excluding carboxylic acids is 2. The second kappa shape index (κ2) is 5.53. The molecule has 0 spiro atoms. The molecule has 0 saturated carbocycles. The van der Waals surface area contributed by atoms with Gasteiger partial charge in [0.1, 0.15) is 5.38 Å². The molecule has 0 aliphatic carbocycles. The fourth-order valence-electron chi connectivity index (χ4n) is 1.09. The van der Waals surface area contributed by atoms with E-state index in [-0.39, 0.29) is 15.6 Å². The van der Waals surface area contributed by atoms with Crippen molar-refractivity contribution in [1.82, 2.24) is 0 Å². The zero-order valence-electron chi connectivity index (χ0n) is 8.17. The Morgan fingerprint density at radius 3 is 2.19 bits per heavy atom. The number of alkyl halides is 1. The molecule has 3 nitrogen and oxygen atoms in total. The fraction of sp³-hybridized carbons (Fsp3) is 0.200. The Morgan fingerprint density at radius 2 is 1.75 bits per heavy atom. The minimum atomic E-state index is -1.24. The highest BCUT2D eigenvalue weighted by Gasteiger charge is 2.28. The molecule has 86 valence electrons. The van der Waals surface area contributed by atoms with Crippen LogP contribution >= 0.6 is 34.8 Å². The van der Waals surface area contributed by atoms with Crippen LogP contribution < -0.4 is 0 Å². The van der Waals surface area contributed by atoms with Gasteiger partial charge in [-0.3, -0.25) is 4.79 Å². The molecule has 1 rings (SSSR count). The Kier molecular flexibility index (Phi) is 4.59. The second-order valence-electron chi connectivity index (χ2n) is 2.85. The van der Waals surface area contributed by atoms with Crippen LogP contribution in [0.25, 0.3) is 0 Å². The summed E-state index contributed by atoms with van der Waals surface area (Å²) in [5.74, 6) is -1.94. The molecule has 0 fully saturated rings. The summed E-state index contributed by atoms with van der Waals surface area (Å²) in [5, 5.41) is -0.789. The van der Waals surface area contributed by atoms with Crippen LogP contribution in [0.4, 0.5) is 0 Å². The summed E-state index contributed by atoms with van der Waals surface area (Å²) in [6.07, 6.45) is 0. The Hall–Kier alpha value is -0.770. The van der Waals surface area contributed by atoms with Crippen molar-refractivity contribution in [3.8, 4) is 0 Å². The number of hydrogen-bond donors (Lipinski definition) is 0. The molecule has 1 unspecified atom stereocenters. The van der Waals surface area contributed by atoms with Crippen LogP contribution in [0.1, 0.15) is 10.9 Å². The van der Waals surface area contributed by atoms with Crippen molar-refractivity contribution in [2.24, 2.45) is 0 Å². The van der Waals surface area contributed by atoms with Gasteiger partial charge in [-0.05, 0) is 12.1 Å². The molecule has 0 aliphatic heterocycles. The molecule has 0 bridgehead atoms. The average molecular weight is 282 g/mol. The molecule has 1 aromatic carbocycles. The van der Waals surface area contributed by atoms with Crippen LogP contribution in [0.2, 0.25) is 10.0 Å². The van der Waals surface area contributed by atoms with Gasteiger partial charge in [0.2, 0.25) is 0 Å². The normalized spacial score (nSPS) is 12.0. The summed E-state index contributed by atoms with van der Waals surface area (Å²) >= 11 is 17.5. The van der Waals surface area contributed by atoms with Crippen molar-refractivity contribution < 1.29 is 14.3 Å². The molecule has 0 heterocycles. The van der Waals surface area contributed by atoms with E-state index in [1.165, 1.54) is 12.1 Å². The summed E-state index contributed by atoms with van der Waals surface area (Å²) < 4.78 is 4.28. The maximum absolute atomic E-state index is 11.5. The second-order valence-corrected chi connectivity index (χ2v) is 4.10. The lowest BCUT2D eigenvalue weighted by Crippen LogP contribution is -2.20. The van der Waals surface area contributed by atoms with Crippen molar-refractivity contribution >= 4 is 46.6 Å². The van der Waals surface area contributed by atoms with Crippen molar-refractivity contribution in [3.05, 3.63) is 33.8 Å². The van der Waals surface area contributed by atoms with Gasteiger partial charge in [0, 0.05) is 15.6 Å². The molecule has 0 N–H and O–H groups in total. The summed E-state index contributed by atoms with van der Waals surface area (Å²) in [5.41, 5.74) is 0.211. The van der Waals surface area contributed by atoms with Gasteiger partial charge in [-0.1, -0.05) is 29.3 Å². The van der Waals surface area contributed by atoms with E-state index in [2.05, 4.69) is 4.74 Å². The number of ether oxygens (including phenoxy) is 1. The first-order valence-electron chi connectivity index (χ1n) is 4.19. The number of hydrogen-bond acceptors (Lipinski definition) is 3. The summed E-state index contributed by atoms with van der Waals surface area (Å²) in [6.45, 7) is 0. The van der Waals surface area contributed by atoms with E-state index in [1.807, 2.05) is 0 Å². The molecule has 1 aromatic rings.